The first-order valence-corrected chi connectivity index (χ1v) is 3.07. The summed E-state index contributed by atoms with van der Waals surface area (Å²) in [6.07, 6.45) is 1.29. The molecule has 0 bridgehead atoms. The van der Waals surface area contributed by atoms with Crippen LogP contribution in [0.25, 0.3) is 0 Å². The van der Waals surface area contributed by atoms with Crippen LogP contribution < -0.4 is 11.7 Å². The Morgan fingerprint density at radius 3 is 2.73 bits per heavy atom. The molecule has 1 saturated heterocycles. The molecule has 1 heterocycles. The predicted octanol–water partition coefficient (Wildman–Crippen LogP) is -1.07. The Morgan fingerprint density at radius 2 is 2.36 bits per heavy atom. The SMILES string of the molecule is C=CC(=O)OCC1CO1.NN. The first kappa shape index (κ1) is 10.1. The van der Waals surface area contributed by atoms with E-state index in [9.17, 15) is 4.79 Å². The summed E-state index contributed by atoms with van der Waals surface area (Å²) in [5.41, 5.74) is 0. The number of esters is 1. The molecule has 5 heteroatoms. The van der Waals surface area contributed by atoms with Crippen LogP contribution in [0.2, 0.25) is 0 Å². The number of hydrazine groups is 1. The van der Waals surface area contributed by atoms with Gasteiger partial charge in [0.2, 0.25) is 0 Å². The Labute approximate surface area is 64.9 Å². The van der Waals surface area contributed by atoms with E-state index in [2.05, 4.69) is 23.0 Å². The van der Waals surface area contributed by atoms with E-state index < -0.39 is 0 Å². The van der Waals surface area contributed by atoms with Gasteiger partial charge in [0.25, 0.3) is 0 Å². The minimum Gasteiger partial charge on any atom is -0.460 e. The zero-order chi connectivity index (χ0) is 8.69. The van der Waals surface area contributed by atoms with Gasteiger partial charge >= 0.3 is 5.97 Å². The topological polar surface area (TPSA) is 90.9 Å². The van der Waals surface area contributed by atoms with E-state index in [1.165, 1.54) is 0 Å². The third-order valence-electron chi connectivity index (χ3n) is 0.981. The van der Waals surface area contributed by atoms with Crippen LogP contribution in [0, 0.1) is 0 Å². The van der Waals surface area contributed by atoms with Gasteiger partial charge in [-0.3, -0.25) is 11.7 Å². The molecule has 1 fully saturated rings. The van der Waals surface area contributed by atoms with E-state index >= 15 is 0 Å². The summed E-state index contributed by atoms with van der Waals surface area (Å²) in [5.74, 6) is 7.62. The lowest BCUT2D eigenvalue weighted by Gasteiger charge is -1.94. The molecule has 1 atom stereocenters. The van der Waals surface area contributed by atoms with Crippen LogP contribution in [0.15, 0.2) is 12.7 Å². The van der Waals surface area contributed by atoms with Gasteiger partial charge in [0.15, 0.2) is 0 Å². The Balaban J connectivity index is 0.000000461. The zero-order valence-corrected chi connectivity index (χ0v) is 6.16. The summed E-state index contributed by atoms with van der Waals surface area (Å²) >= 11 is 0. The maximum absolute atomic E-state index is 10.3. The van der Waals surface area contributed by atoms with E-state index in [1.807, 2.05) is 0 Å². The van der Waals surface area contributed by atoms with Crippen LogP contribution in [0.1, 0.15) is 0 Å². The molecule has 0 aromatic heterocycles. The van der Waals surface area contributed by atoms with Crippen LogP contribution >= 0.6 is 0 Å². The van der Waals surface area contributed by atoms with Crippen molar-refractivity contribution in [3.05, 3.63) is 12.7 Å². The lowest BCUT2D eigenvalue weighted by molar-refractivity contribution is -0.138. The molecule has 0 saturated carbocycles. The van der Waals surface area contributed by atoms with Crippen molar-refractivity contribution >= 4 is 5.97 Å². The highest BCUT2D eigenvalue weighted by Crippen LogP contribution is 2.08. The number of carbonyl (C=O) groups is 1. The number of rotatable bonds is 3. The summed E-state index contributed by atoms with van der Waals surface area (Å²) in [4.78, 5) is 10.3. The molecule has 1 aliphatic heterocycles. The molecular formula is C6H12N2O3. The van der Waals surface area contributed by atoms with Gasteiger partial charge in [-0.05, 0) is 0 Å². The number of ether oxygens (including phenoxy) is 2. The van der Waals surface area contributed by atoms with Crippen molar-refractivity contribution in [2.75, 3.05) is 13.2 Å². The highest BCUT2D eigenvalue weighted by Gasteiger charge is 2.23. The highest BCUT2D eigenvalue weighted by atomic mass is 16.6. The van der Waals surface area contributed by atoms with Crippen LogP contribution in [-0.4, -0.2) is 25.3 Å². The average Bonchev–Trinajstić information content (AvgIpc) is 2.87. The largest absolute Gasteiger partial charge is 0.460 e. The minimum absolute atomic E-state index is 0.147. The van der Waals surface area contributed by atoms with Gasteiger partial charge in [-0.2, -0.15) is 0 Å². The van der Waals surface area contributed by atoms with Gasteiger partial charge in [0.1, 0.15) is 12.7 Å². The summed E-state index contributed by atoms with van der Waals surface area (Å²) in [7, 11) is 0. The third-order valence-corrected chi connectivity index (χ3v) is 0.981. The first-order valence-electron chi connectivity index (χ1n) is 3.07. The standard InChI is InChI=1S/C6H8O3.H4N2/c1-2-6(7)9-4-5-3-8-5;1-2/h2,5H,1,3-4H2;1-2H2. The number of hydrogen-bond acceptors (Lipinski definition) is 5. The van der Waals surface area contributed by atoms with E-state index in [1.54, 1.807) is 0 Å². The van der Waals surface area contributed by atoms with Crippen molar-refractivity contribution in [2.45, 2.75) is 6.10 Å². The fourth-order valence-electron chi connectivity index (χ4n) is 0.398. The minimum atomic E-state index is -0.384. The van der Waals surface area contributed by atoms with Crippen molar-refractivity contribution in [2.24, 2.45) is 11.7 Å². The van der Waals surface area contributed by atoms with Gasteiger partial charge in [-0.15, -0.1) is 0 Å². The molecule has 0 aliphatic carbocycles. The molecule has 0 aromatic carbocycles. The van der Waals surface area contributed by atoms with Crippen molar-refractivity contribution in [1.29, 1.82) is 0 Å². The predicted molar refractivity (Wildman–Crippen MR) is 39.3 cm³/mol. The number of hydrogen-bond donors (Lipinski definition) is 2. The fraction of sp³-hybridized carbons (Fsp3) is 0.500. The molecular weight excluding hydrogens is 148 g/mol. The quantitative estimate of drug-likeness (QED) is 0.180. The Kier molecular flexibility index (Phi) is 5.36. The normalized spacial score (nSPS) is 19.3. The van der Waals surface area contributed by atoms with Crippen LogP contribution in [0.3, 0.4) is 0 Å². The van der Waals surface area contributed by atoms with Crippen molar-refractivity contribution in [3.8, 4) is 0 Å². The van der Waals surface area contributed by atoms with Crippen LogP contribution in [0.5, 0.6) is 0 Å². The van der Waals surface area contributed by atoms with Gasteiger partial charge in [0.05, 0.1) is 6.61 Å². The van der Waals surface area contributed by atoms with Gasteiger partial charge in [-0.25, -0.2) is 4.79 Å². The molecule has 0 radical (unpaired) electrons. The number of nitrogens with two attached hydrogens (primary N) is 2. The average molecular weight is 160 g/mol. The summed E-state index contributed by atoms with van der Waals surface area (Å²) in [6, 6.07) is 0. The second kappa shape index (κ2) is 5.84. The maximum atomic E-state index is 10.3. The fourth-order valence-corrected chi connectivity index (χ4v) is 0.398. The van der Waals surface area contributed by atoms with Crippen LogP contribution in [-0.2, 0) is 14.3 Å². The first-order chi connectivity index (χ1) is 5.33. The summed E-state index contributed by atoms with van der Waals surface area (Å²) in [5, 5.41) is 0. The lowest BCUT2D eigenvalue weighted by atomic mass is 10.5. The Bertz CT molecular complexity index is 134. The van der Waals surface area contributed by atoms with E-state index in [0.717, 1.165) is 6.08 Å². The monoisotopic (exact) mass is 160 g/mol. The van der Waals surface area contributed by atoms with Gasteiger partial charge < -0.3 is 9.47 Å². The Morgan fingerprint density at radius 1 is 1.82 bits per heavy atom. The molecule has 4 N–H and O–H groups in total. The molecule has 0 amide bonds. The summed E-state index contributed by atoms with van der Waals surface area (Å²) in [6.45, 7) is 4.32. The smallest absolute Gasteiger partial charge is 0.330 e. The van der Waals surface area contributed by atoms with Gasteiger partial charge in [0, 0.05) is 6.08 Å². The molecule has 1 unspecified atom stereocenters. The van der Waals surface area contributed by atoms with Crippen LogP contribution in [0.4, 0.5) is 0 Å². The molecule has 64 valence electrons. The van der Waals surface area contributed by atoms with E-state index in [4.69, 9.17) is 4.74 Å². The van der Waals surface area contributed by atoms with Crippen molar-refractivity contribution in [1.82, 2.24) is 0 Å². The zero-order valence-electron chi connectivity index (χ0n) is 6.16. The molecule has 1 aliphatic rings. The second-order valence-electron chi connectivity index (χ2n) is 1.79. The summed E-state index contributed by atoms with van der Waals surface area (Å²) < 4.78 is 9.42. The number of carbonyl (C=O) groups excluding carboxylic acids is 1. The van der Waals surface area contributed by atoms with Gasteiger partial charge in [-0.1, -0.05) is 6.58 Å². The second-order valence-corrected chi connectivity index (χ2v) is 1.79. The van der Waals surface area contributed by atoms with Crippen molar-refractivity contribution < 1.29 is 14.3 Å². The van der Waals surface area contributed by atoms with Crippen molar-refractivity contribution in [3.63, 3.8) is 0 Å². The Hall–Kier alpha value is -0.910. The van der Waals surface area contributed by atoms with E-state index in [-0.39, 0.29) is 12.1 Å². The maximum Gasteiger partial charge on any atom is 0.330 e. The lowest BCUT2D eigenvalue weighted by Crippen LogP contribution is -2.06. The third kappa shape index (κ3) is 5.53. The molecule has 5 nitrogen and oxygen atoms in total. The molecule has 11 heavy (non-hydrogen) atoms. The molecule has 0 spiro atoms. The van der Waals surface area contributed by atoms with E-state index in [0.29, 0.717) is 13.2 Å². The number of epoxide rings is 1. The molecule has 1 rings (SSSR count). The highest BCUT2D eigenvalue weighted by molar-refractivity contribution is 5.81. The molecule has 0 aromatic rings.